The first-order valence-corrected chi connectivity index (χ1v) is 10.0. The van der Waals surface area contributed by atoms with Crippen molar-refractivity contribution in [2.75, 3.05) is 32.7 Å². The molecule has 2 heterocycles. The maximum absolute atomic E-state index is 4.30. The summed E-state index contributed by atoms with van der Waals surface area (Å²) in [5, 5.41) is 3.56. The number of nitrogens with zero attached hydrogens (tertiary/aromatic N) is 2. The van der Waals surface area contributed by atoms with E-state index in [0.717, 1.165) is 25.2 Å². The van der Waals surface area contributed by atoms with E-state index in [-0.39, 0.29) is 0 Å². The van der Waals surface area contributed by atoms with Gasteiger partial charge in [0.2, 0.25) is 0 Å². The topological polar surface area (TPSA) is 18.5 Å². The van der Waals surface area contributed by atoms with Crippen molar-refractivity contribution >= 4 is 0 Å². The maximum Gasteiger partial charge on any atom is 0.0555 e. The van der Waals surface area contributed by atoms with E-state index in [2.05, 4.69) is 66.7 Å². The van der Waals surface area contributed by atoms with Gasteiger partial charge in [0, 0.05) is 44.8 Å². The second kappa shape index (κ2) is 8.48. The van der Waals surface area contributed by atoms with Gasteiger partial charge >= 0.3 is 0 Å². The lowest BCUT2D eigenvalue weighted by Crippen LogP contribution is -2.57. The molecule has 1 aromatic rings. The van der Waals surface area contributed by atoms with Crippen molar-refractivity contribution in [2.24, 2.45) is 0 Å². The van der Waals surface area contributed by atoms with E-state index < -0.39 is 0 Å². The van der Waals surface area contributed by atoms with Crippen LogP contribution in [0.1, 0.15) is 50.3 Å². The Morgan fingerprint density at radius 2 is 1.88 bits per heavy atom. The Bertz CT molecular complexity index is 557. The smallest absolute Gasteiger partial charge is 0.0555 e. The van der Waals surface area contributed by atoms with Gasteiger partial charge in [0.25, 0.3) is 0 Å². The number of nitrogens with one attached hydrogen (secondary N) is 1. The number of aryl methyl sites for hydroxylation is 1. The minimum absolute atomic E-state index is 0.367. The molecule has 25 heavy (non-hydrogen) atoms. The summed E-state index contributed by atoms with van der Waals surface area (Å²) < 4.78 is 0. The van der Waals surface area contributed by atoms with E-state index in [1.165, 1.54) is 55.6 Å². The monoisotopic (exact) mass is 341 g/mol. The predicted molar refractivity (Wildman–Crippen MR) is 107 cm³/mol. The van der Waals surface area contributed by atoms with Gasteiger partial charge in [-0.1, -0.05) is 48.9 Å². The number of piperazine rings is 1. The van der Waals surface area contributed by atoms with Crippen LogP contribution in [-0.4, -0.2) is 54.6 Å². The Labute approximate surface area is 154 Å². The van der Waals surface area contributed by atoms with Crippen molar-refractivity contribution in [2.45, 2.75) is 58.2 Å². The fourth-order valence-corrected chi connectivity index (χ4v) is 4.67. The third kappa shape index (κ3) is 4.33. The average molecular weight is 342 g/mol. The first kappa shape index (κ1) is 18.6. The summed E-state index contributed by atoms with van der Waals surface area (Å²) in [5.41, 5.74) is 3.98. The number of hydrogen-bond donors (Lipinski definition) is 1. The van der Waals surface area contributed by atoms with Crippen molar-refractivity contribution in [3.05, 3.63) is 47.5 Å². The van der Waals surface area contributed by atoms with Gasteiger partial charge in [0.1, 0.15) is 0 Å². The summed E-state index contributed by atoms with van der Waals surface area (Å²) in [6.07, 6.45) is 3.82. The van der Waals surface area contributed by atoms with Gasteiger partial charge in [-0.25, -0.2) is 0 Å². The second-order valence-corrected chi connectivity index (χ2v) is 7.93. The lowest BCUT2D eigenvalue weighted by molar-refractivity contribution is 0.0479. The summed E-state index contributed by atoms with van der Waals surface area (Å²) in [6, 6.07) is 10.9. The Kier molecular flexibility index (Phi) is 6.32. The summed E-state index contributed by atoms with van der Waals surface area (Å²) in [4.78, 5) is 5.43. The van der Waals surface area contributed by atoms with Crippen LogP contribution in [0.3, 0.4) is 0 Å². The van der Waals surface area contributed by atoms with E-state index in [1.54, 1.807) is 0 Å². The first-order chi connectivity index (χ1) is 12.1. The molecule has 0 amide bonds. The first-order valence-electron chi connectivity index (χ1n) is 10.0. The highest BCUT2D eigenvalue weighted by Crippen LogP contribution is 2.32. The van der Waals surface area contributed by atoms with Gasteiger partial charge in [-0.05, 0) is 38.7 Å². The van der Waals surface area contributed by atoms with E-state index in [0.29, 0.717) is 6.04 Å². The van der Waals surface area contributed by atoms with Gasteiger partial charge in [-0.3, -0.25) is 9.80 Å². The molecule has 0 spiro atoms. The molecule has 138 valence electrons. The molecule has 0 aromatic heterocycles. The normalized spacial score (nSPS) is 25.0. The maximum atomic E-state index is 4.30. The zero-order valence-electron chi connectivity index (χ0n) is 16.3. The van der Waals surface area contributed by atoms with Gasteiger partial charge in [-0.2, -0.15) is 0 Å². The molecule has 0 saturated carbocycles. The molecule has 0 bridgehead atoms. The number of likely N-dealkylation sites (tertiary alicyclic amines) is 1. The highest BCUT2D eigenvalue weighted by Gasteiger charge is 2.32. The second-order valence-electron chi connectivity index (χ2n) is 7.93. The van der Waals surface area contributed by atoms with Crippen LogP contribution in [0.15, 0.2) is 36.4 Å². The van der Waals surface area contributed by atoms with Crippen LogP contribution in [0.5, 0.6) is 0 Å². The molecule has 3 nitrogen and oxygen atoms in total. The van der Waals surface area contributed by atoms with E-state index in [9.17, 15) is 0 Å². The van der Waals surface area contributed by atoms with Gasteiger partial charge in [-0.15, -0.1) is 0 Å². The zero-order valence-corrected chi connectivity index (χ0v) is 16.3. The Hall–Kier alpha value is -1.16. The summed E-state index contributed by atoms with van der Waals surface area (Å²) in [7, 11) is 0. The van der Waals surface area contributed by atoms with Crippen molar-refractivity contribution < 1.29 is 0 Å². The average Bonchev–Trinajstić information content (AvgIpc) is 2.64. The van der Waals surface area contributed by atoms with Crippen LogP contribution < -0.4 is 5.32 Å². The van der Waals surface area contributed by atoms with Crippen LogP contribution >= 0.6 is 0 Å². The highest BCUT2D eigenvalue weighted by atomic mass is 15.3. The highest BCUT2D eigenvalue weighted by molar-refractivity contribution is 5.29. The largest absolute Gasteiger partial charge is 0.314 e. The van der Waals surface area contributed by atoms with Crippen LogP contribution in [-0.2, 0) is 0 Å². The third-order valence-corrected chi connectivity index (χ3v) is 6.06. The van der Waals surface area contributed by atoms with Crippen molar-refractivity contribution in [1.82, 2.24) is 15.1 Å². The molecule has 2 fully saturated rings. The molecule has 1 N–H and O–H groups in total. The predicted octanol–water partition coefficient (Wildman–Crippen LogP) is 3.76. The minimum Gasteiger partial charge on any atom is -0.314 e. The summed E-state index contributed by atoms with van der Waals surface area (Å²) in [5.74, 6) is 0. The standard InChI is InChI=1S/C22H35N3/c1-5-20-16-23-12-15-25(20)21-10-13-24(14-11-21)22(17(2)3)19-8-6-18(4)7-9-19/h6-9,20-23H,2,5,10-16H2,1,3-4H3. The molecule has 2 aliphatic rings. The lowest BCUT2D eigenvalue weighted by atomic mass is 9.93. The molecule has 2 aliphatic heterocycles. The number of hydrogen-bond acceptors (Lipinski definition) is 3. The van der Waals surface area contributed by atoms with Gasteiger partial charge < -0.3 is 5.32 Å². The molecule has 0 aliphatic carbocycles. The van der Waals surface area contributed by atoms with E-state index >= 15 is 0 Å². The molecule has 0 radical (unpaired) electrons. The van der Waals surface area contributed by atoms with Crippen LogP contribution in [0, 0.1) is 6.92 Å². The fourth-order valence-electron chi connectivity index (χ4n) is 4.67. The Morgan fingerprint density at radius 3 is 2.48 bits per heavy atom. The number of benzene rings is 1. The van der Waals surface area contributed by atoms with Gasteiger partial charge in [0.15, 0.2) is 0 Å². The Morgan fingerprint density at radius 1 is 1.20 bits per heavy atom. The molecule has 2 atom stereocenters. The van der Waals surface area contributed by atoms with Crippen LogP contribution in [0.25, 0.3) is 0 Å². The van der Waals surface area contributed by atoms with Crippen molar-refractivity contribution in [1.29, 1.82) is 0 Å². The van der Waals surface area contributed by atoms with Crippen LogP contribution in [0.2, 0.25) is 0 Å². The van der Waals surface area contributed by atoms with Gasteiger partial charge in [0.05, 0.1) is 6.04 Å². The quantitative estimate of drug-likeness (QED) is 0.823. The molecular weight excluding hydrogens is 306 g/mol. The summed E-state index contributed by atoms with van der Waals surface area (Å²) >= 11 is 0. The van der Waals surface area contributed by atoms with E-state index in [1.807, 2.05) is 0 Å². The molecule has 2 saturated heterocycles. The van der Waals surface area contributed by atoms with Crippen molar-refractivity contribution in [3.63, 3.8) is 0 Å². The zero-order chi connectivity index (χ0) is 17.8. The SMILES string of the molecule is C=C(C)C(c1ccc(C)cc1)N1CCC(N2CCNCC2CC)CC1. The molecule has 3 heteroatoms. The molecule has 3 rings (SSSR count). The fraction of sp³-hybridized carbons (Fsp3) is 0.636. The minimum atomic E-state index is 0.367. The number of piperidine rings is 1. The van der Waals surface area contributed by atoms with Crippen LogP contribution in [0.4, 0.5) is 0 Å². The molecule has 2 unspecified atom stereocenters. The summed E-state index contributed by atoms with van der Waals surface area (Å²) in [6.45, 7) is 16.8. The molecular formula is C22H35N3. The lowest BCUT2D eigenvalue weighted by Gasteiger charge is -2.46. The van der Waals surface area contributed by atoms with Crippen molar-refractivity contribution in [3.8, 4) is 0 Å². The van der Waals surface area contributed by atoms with E-state index in [4.69, 9.17) is 0 Å². The Balaban J connectivity index is 1.65. The third-order valence-electron chi connectivity index (χ3n) is 6.06. The molecule has 1 aromatic carbocycles. The number of rotatable bonds is 5.